The van der Waals surface area contributed by atoms with Crippen LogP contribution in [0.5, 0.6) is 0 Å². The molecule has 5 nitrogen and oxygen atoms in total. The molecule has 1 fully saturated rings. The predicted molar refractivity (Wildman–Crippen MR) is 37.3 cm³/mol. The Hall–Kier alpha value is 0.0700. The van der Waals surface area contributed by atoms with E-state index < -0.39 is 13.9 Å². The van der Waals surface area contributed by atoms with Crippen molar-refractivity contribution in [3.63, 3.8) is 0 Å². The molecule has 1 aliphatic carbocycles. The molecule has 0 saturated heterocycles. The first-order chi connectivity index (χ1) is 5.18. The number of hydrogen-bond acceptors (Lipinski definition) is 4. The number of aliphatic hydroxyl groups excluding tert-OH is 1. The lowest BCUT2D eigenvalue weighted by molar-refractivity contribution is -0.0730. The average Bonchev–Trinajstić information content (AvgIpc) is 2.69. The molecule has 1 aliphatic rings. The molecule has 0 aliphatic heterocycles. The van der Waals surface area contributed by atoms with Crippen LogP contribution in [0.15, 0.2) is 0 Å². The molecule has 0 bridgehead atoms. The van der Waals surface area contributed by atoms with Crippen LogP contribution in [0.3, 0.4) is 0 Å². The lowest BCUT2D eigenvalue weighted by Crippen LogP contribution is -2.19. The van der Waals surface area contributed by atoms with Gasteiger partial charge in [0.25, 0.3) is 0 Å². The molecule has 2 N–H and O–H groups in total. The largest absolute Gasteiger partial charge is 0.393 e. The molecule has 0 aromatic heterocycles. The average molecular weight is 182 g/mol. The molecule has 11 heavy (non-hydrogen) atoms. The van der Waals surface area contributed by atoms with Gasteiger partial charge in [0.1, 0.15) is 0 Å². The van der Waals surface area contributed by atoms with E-state index in [1.54, 1.807) is 0 Å². The summed E-state index contributed by atoms with van der Waals surface area (Å²) in [6.07, 6.45) is 1.58. The van der Waals surface area contributed by atoms with E-state index in [-0.39, 0.29) is 13.4 Å². The summed E-state index contributed by atoms with van der Waals surface area (Å²) in [5.74, 6) is 0. The molecule has 0 amide bonds. The van der Waals surface area contributed by atoms with Gasteiger partial charge in [0, 0.05) is 0 Å². The van der Waals surface area contributed by atoms with Crippen LogP contribution in [-0.2, 0) is 13.8 Å². The van der Waals surface area contributed by atoms with E-state index in [2.05, 4.69) is 4.52 Å². The van der Waals surface area contributed by atoms with Gasteiger partial charge in [-0.2, -0.15) is 0 Å². The first-order valence-corrected chi connectivity index (χ1v) is 4.55. The van der Waals surface area contributed by atoms with Crippen LogP contribution < -0.4 is 0 Å². The summed E-state index contributed by atoms with van der Waals surface area (Å²) in [6.45, 7) is -0.266. The first kappa shape index (κ1) is 9.16. The summed E-state index contributed by atoms with van der Waals surface area (Å²) in [5, 5.41) is 8.71. The summed E-state index contributed by atoms with van der Waals surface area (Å²) >= 11 is 0. The monoisotopic (exact) mass is 182 g/mol. The van der Waals surface area contributed by atoms with Gasteiger partial charge in [-0.05, 0) is 12.8 Å². The molecule has 66 valence electrons. The Morgan fingerprint density at radius 3 is 2.55 bits per heavy atom. The van der Waals surface area contributed by atoms with Crippen molar-refractivity contribution >= 4 is 8.25 Å². The Morgan fingerprint density at radius 1 is 1.55 bits per heavy atom. The lowest BCUT2D eigenvalue weighted by atomic mass is 10.4. The standard InChI is InChI=1S/C5H11O5P/c6-3-5(1-2-5)9-4-10-11(7)8/h6,11H,1-4H2,(H,7,8). The summed E-state index contributed by atoms with van der Waals surface area (Å²) in [5.41, 5.74) is -0.475. The zero-order chi connectivity index (χ0) is 8.32. The van der Waals surface area contributed by atoms with E-state index in [0.29, 0.717) is 0 Å². The Bertz CT molecular complexity index is 155. The quantitative estimate of drug-likeness (QED) is 0.458. The van der Waals surface area contributed by atoms with Crippen molar-refractivity contribution in [1.29, 1.82) is 0 Å². The van der Waals surface area contributed by atoms with Gasteiger partial charge in [0.05, 0.1) is 12.2 Å². The Morgan fingerprint density at radius 2 is 2.18 bits per heavy atom. The van der Waals surface area contributed by atoms with Crippen LogP contribution in [0.1, 0.15) is 12.8 Å². The molecule has 0 aromatic carbocycles. The second kappa shape index (κ2) is 3.65. The molecule has 0 spiro atoms. The van der Waals surface area contributed by atoms with E-state index in [4.69, 9.17) is 14.7 Å². The van der Waals surface area contributed by atoms with Crippen LogP contribution in [0.4, 0.5) is 0 Å². The highest BCUT2D eigenvalue weighted by Gasteiger charge is 2.43. The maximum Gasteiger partial charge on any atom is 0.318 e. The van der Waals surface area contributed by atoms with Gasteiger partial charge in [-0.1, -0.05) is 0 Å². The number of rotatable bonds is 5. The third kappa shape index (κ3) is 2.89. The maximum absolute atomic E-state index is 10.0. The third-order valence-corrected chi connectivity index (χ3v) is 2.01. The minimum Gasteiger partial charge on any atom is -0.393 e. The van der Waals surface area contributed by atoms with Gasteiger partial charge in [0.2, 0.25) is 0 Å². The van der Waals surface area contributed by atoms with Gasteiger partial charge in [-0.3, -0.25) is 9.09 Å². The fourth-order valence-corrected chi connectivity index (χ4v) is 0.852. The second-order valence-corrected chi connectivity index (χ2v) is 3.33. The molecule has 1 saturated carbocycles. The van der Waals surface area contributed by atoms with Crippen molar-refractivity contribution in [3.05, 3.63) is 0 Å². The minimum atomic E-state index is -2.89. The van der Waals surface area contributed by atoms with Crippen molar-refractivity contribution in [2.45, 2.75) is 18.4 Å². The topological polar surface area (TPSA) is 76.0 Å². The molecular formula is C5H11O5P. The summed E-state index contributed by atoms with van der Waals surface area (Å²) in [6, 6.07) is 0. The fraction of sp³-hybridized carbons (Fsp3) is 1.00. The SMILES string of the molecule is O=[PH](O)OCOC1(CO)CC1. The minimum absolute atomic E-state index is 0.0529. The zero-order valence-electron chi connectivity index (χ0n) is 5.95. The van der Waals surface area contributed by atoms with Crippen LogP contribution in [0.2, 0.25) is 0 Å². The molecule has 0 aromatic rings. The number of hydrogen-bond donors (Lipinski definition) is 2. The smallest absolute Gasteiger partial charge is 0.318 e. The van der Waals surface area contributed by atoms with Gasteiger partial charge in [0.15, 0.2) is 6.79 Å². The lowest BCUT2D eigenvalue weighted by Gasteiger charge is -2.11. The van der Waals surface area contributed by atoms with Gasteiger partial charge in [-0.25, -0.2) is 0 Å². The van der Waals surface area contributed by atoms with E-state index in [1.165, 1.54) is 0 Å². The normalized spacial score (nSPS) is 23.1. The van der Waals surface area contributed by atoms with Gasteiger partial charge in [-0.15, -0.1) is 0 Å². The van der Waals surface area contributed by atoms with Crippen LogP contribution in [0.25, 0.3) is 0 Å². The Balaban J connectivity index is 2.07. The summed E-state index contributed by atoms with van der Waals surface area (Å²) in [7, 11) is -2.89. The van der Waals surface area contributed by atoms with Crippen molar-refractivity contribution in [3.8, 4) is 0 Å². The molecule has 0 radical (unpaired) electrons. The fourth-order valence-electron chi connectivity index (χ4n) is 0.692. The molecule has 1 rings (SSSR count). The van der Waals surface area contributed by atoms with E-state index in [9.17, 15) is 4.57 Å². The van der Waals surface area contributed by atoms with Crippen LogP contribution in [0, 0.1) is 0 Å². The number of ether oxygens (including phenoxy) is 1. The van der Waals surface area contributed by atoms with E-state index in [1.807, 2.05) is 0 Å². The zero-order valence-corrected chi connectivity index (χ0v) is 6.95. The predicted octanol–water partition coefficient (Wildman–Crippen LogP) is -0.116. The van der Waals surface area contributed by atoms with Crippen molar-refractivity contribution in [1.82, 2.24) is 0 Å². The van der Waals surface area contributed by atoms with E-state index >= 15 is 0 Å². The van der Waals surface area contributed by atoms with E-state index in [0.717, 1.165) is 12.8 Å². The Kier molecular flexibility index (Phi) is 3.04. The number of aliphatic hydroxyl groups is 1. The molecule has 1 atom stereocenters. The highest BCUT2D eigenvalue weighted by molar-refractivity contribution is 7.32. The first-order valence-electron chi connectivity index (χ1n) is 3.29. The highest BCUT2D eigenvalue weighted by Crippen LogP contribution is 2.39. The van der Waals surface area contributed by atoms with Gasteiger partial charge < -0.3 is 14.7 Å². The van der Waals surface area contributed by atoms with Gasteiger partial charge >= 0.3 is 8.25 Å². The van der Waals surface area contributed by atoms with Crippen LogP contribution in [-0.4, -0.2) is 29.0 Å². The highest BCUT2D eigenvalue weighted by atomic mass is 31.1. The third-order valence-electron chi connectivity index (χ3n) is 1.64. The second-order valence-electron chi connectivity index (χ2n) is 2.51. The summed E-state index contributed by atoms with van der Waals surface area (Å²) < 4.78 is 19.3. The maximum atomic E-state index is 10.0. The molecule has 0 heterocycles. The van der Waals surface area contributed by atoms with Crippen molar-refractivity contribution in [2.75, 3.05) is 13.4 Å². The molecular weight excluding hydrogens is 171 g/mol. The molecule has 6 heteroatoms. The summed E-state index contributed by atoms with van der Waals surface area (Å²) in [4.78, 5) is 8.22. The molecule has 1 unspecified atom stereocenters. The van der Waals surface area contributed by atoms with Crippen molar-refractivity contribution in [2.24, 2.45) is 0 Å². The Labute approximate surface area is 64.9 Å². The van der Waals surface area contributed by atoms with Crippen LogP contribution >= 0.6 is 8.25 Å². The van der Waals surface area contributed by atoms with Crippen molar-refractivity contribution < 1.29 is 23.8 Å².